The van der Waals surface area contributed by atoms with E-state index in [1.54, 1.807) is 13.8 Å². The van der Waals surface area contributed by atoms with E-state index in [0.717, 1.165) is 6.07 Å². The highest BCUT2D eigenvalue weighted by atomic mass is 19.4. The van der Waals surface area contributed by atoms with Crippen molar-refractivity contribution in [1.29, 1.82) is 0 Å². The highest BCUT2D eigenvalue weighted by Crippen LogP contribution is 2.55. The molecule has 108 valence electrons. The Morgan fingerprint density at radius 3 is 2.55 bits per heavy atom. The van der Waals surface area contributed by atoms with Crippen molar-refractivity contribution in [2.24, 2.45) is 0 Å². The van der Waals surface area contributed by atoms with Gasteiger partial charge in [0.25, 0.3) is 5.69 Å². The largest absolute Gasteiger partial charge is 0.485 e. The number of alkyl halides is 3. The number of ether oxygens (including phenoxy) is 2. The number of fused-ring (bicyclic) bond motifs is 3. The topological polar surface area (TPSA) is 64.9 Å². The molecule has 1 saturated heterocycles. The number of benzene rings is 1. The molecular weight excluding hydrogens is 279 g/mol. The molecule has 1 fully saturated rings. The minimum Gasteiger partial charge on any atom is -0.485 e. The van der Waals surface area contributed by atoms with Crippen LogP contribution in [0.5, 0.6) is 5.75 Å². The third-order valence-electron chi connectivity index (χ3n) is 3.49. The quantitative estimate of drug-likeness (QED) is 0.452. The fourth-order valence-corrected chi connectivity index (χ4v) is 2.49. The third-order valence-corrected chi connectivity index (χ3v) is 3.49. The van der Waals surface area contributed by atoms with Crippen molar-refractivity contribution in [3.05, 3.63) is 33.4 Å². The molecule has 0 aromatic heterocycles. The van der Waals surface area contributed by atoms with E-state index in [9.17, 15) is 23.3 Å². The van der Waals surface area contributed by atoms with Gasteiger partial charge in [0.2, 0.25) is 0 Å². The Labute approximate surface area is 111 Å². The normalized spacial score (nSPS) is 26.2. The van der Waals surface area contributed by atoms with Gasteiger partial charge in [-0.1, -0.05) is 0 Å². The van der Waals surface area contributed by atoms with Gasteiger partial charge >= 0.3 is 6.18 Å². The van der Waals surface area contributed by atoms with Crippen LogP contribution in [0.3, 0.4) is 0 Å². The molecule has 2 heterocycles. The van der Waals surface area contributed by atoms with E-state index in [1.165, 1.54) is 0 Å². The molecule has 2 aliphatic rings. The monoisotopic (exact) mass is 289 g/mol. The van der Waals surface area contributed by atoms with Gasteiger partial charge in [0, 0.05) is 11.6 Å². The highest BCUT2D eigenvalue weighted by molar-refractivity contribution is 5.55. The van der Waals surface area contributed by atoms with Crippen LogP contribution in [0.15, 0.2) is 12.1 Å². The Morgan fingerprint density at radius 2 is 2.00 bits per heavy atom. The van der Waals surface area contributed by atoms with E-state index in [2.05, 4.69) is 0 Å². The Kier molecular flexibility index (Phi) is 2.39. The Morgan fingerprint density at radius 1 is 1.35 bits per heavy atom. The zero-order valence-corrected chi connectivity index (χ0v) is 10.5. The van der Waals surface area contributed by atoms with Gasteiger partial charge in [0.05, 0.1) is 4.92 Å². The molecular formula is C12H10F3NO4. The predicted molar refractivity (Wildman–Crippen MR) is 60.4 cm³/mol. The first-order valence-electron chi connectivity index (χ1n) is 5.85. The van der Waals surface area contributed by atoms with Crippen molar-refractivity contribution in [2.75, 3.05) is 0 Å². The van der Waals surface area contributed by atoms with Crippen LogP contribution < -0.4 is 4.74 Å². The zero-order chi connectivity index (χ0) is 14.9. The van der Waals surface area contributed by atoms with Gasteiger partial charge in [-0.2, -0.15) is 13.2 Å². The molecule has 20 heavy (non-hydrogen) atoms. The second kappa shape index (κ2) is 3.63. The maximum atomic E-state index is 12.9. The predicted octanol–water partition coefficient (Wildman–Crippen LogP) is 3.22. The van der Waals surface area contributed by atoms with Crippen molar-refractivity contribution in [3.8, 4) is 5.75 Å². The average molecular weight is 289 g/mol. The second-order valence-electron chi connectivity index (χ2n) is 5.34. The third kappa shape index (κ3) is 1.82. The molecule has 0 N–H and O–H groups in total. The number of hydrogen-bond donors (Lipinski definition) is 0. The van der Waals surface area contributed by atoms with Crippen LogP contribution in [0.2, 0.25) is 0 Å². The summed E-state index contributed by atoms with van der Waals surface area (Å²) in [7, 11) is 0. The van der Waals surface area contributed by atoms with Crippen LogP contribution in [-0.2, 0) is 10.9 Å². The van der Waals surface area contributed by atoms with Gasteiger partial charge < -0.3 is 9.47 Å². The standard InChI is InChI=1S/C12H10F3NO4/c1-11(2)10-9(19-10)5-3-7(16(17)18)6(12(13,14)15)4-8(5)20-11/h3-4,9-10H,1-2H3. The van der Waals surface area contributed by atoms with Crippen LogP contribution >= 0.6 is 0 Å². The minimum absolute atomic E-state index is 0.00771. The van der Waals surface area contributed by atoms with Gasteiger partial charge in [-0.15, -0.1) is 0 Å². The number of rotatable bonds is 1. The van der Waals surface area contributed by atoms with E-state index in [0.29, 0.717) is 11.6 Å². The van der Waals surface area contributed by atoms with Crippen molar-refractivity contribution in [2.45, 2.75) is 37.8 Å². The molecule has 0 aliphatic carbocycles. The molecule has 0 bridgehead atoms. The van der Waals surface area contributed by atoms with E-state index in [-0.39, 0.29) is 11.9 Å². The number of hydrogen-bond acceptors (Lipinski definition) is 4. The fraction of sp³-hybridized carbons (Fsp3) is 0.500. The van der Waals surface area contributed by atoms with E-state index in [4.69, 9.17) is 9.47 Å². The van der Waals surface area contributed by atoms with Gasteiger partial charge in [-0.05, 0) is 19.9 Å². The average Bonchev–Trinajstić information content (AvgIpc) is 3.06. The van der Waals surface area contributed by atoms with Crippen LogP contribution in [0.1, 0.15) is 31.1 Å². The summed E-state index contributed by atoms with van der Waals surface area (Å²) in [4.78, 5) is 9.78. The molecule has 0 amide bonds. The molecule has 2 aliphatic heterocycles. The molecule has 0 saturated carbocycles. The maximum absolute atomic E-state index is 12.9. The minimum atomic E-state index is -4.81. The number of nitrogens with zero attached hydrogens (tertiary/aromatic N) is 1. The first-order valence-corrected chi connectivity index (χ1v) is 5.85. The van der Waals surface area contributed by atoms with Crippen LogP contribution in [0.25, 0.3) is 0 Å². The Hall–Kier alpha value is -1.83. The molecule has 8 heteroatoms. The lowest BCUT2D eigenvalue weighted by Gasteiger charge is -2.29. The lowest BCUT2D eigenvalue weighted by Crippen LogP contribution is -2.38. The number of nitro benzene ring substituents is 1. The summed E-state index contributed by atoms with van der Waals surface area (Å²) in [5, 5.41) is 10.8. The van der Waals surface area contributed by atoms with E-state index in [1.807, 2.05) is 0 Å². The lowest BCUT2D eigenvalue weighted by atomic mass is 9.93. The number of nitro groups is 1. The summed E-state index contributed by atoms with van der Waals surface area (Å²) in [6, 6.07) is 1.59. The molecule has 1 aromatic rings. The van der Waals surface area contributed by atoms with Crippen molar-refractivity contribution < 1.29 is 27.6 Å². The molecule has 5 nitrogen and oxygen atoms in total. The van der Waals surface area contributed by atoms with Crippen LogP contribution in [0, 0.1) is 10.1 Å². The van der Waals surface area contributed by atoms with E-state index >= 15 is 0 Å². The van der Waals surface area contributed by atoms with Gasteiger partial charge in [-0.3, -0.25) is 10.1 Å². The highest BCUT2D eigenvalue weighted by Gasteiger charge is 2.57. The summed E-state index contributed by atoms with van der Waals surface area (Å²) in [5.41, 5.74) is -2.74. The smallest absolute Gasteiger partial charge is 0.423 e. The number of epoxide rings is 1. The summed E-state index contributed by atoms with van der Waals surface area (Å²) < 4.78 is 49.5. The van der Waals surface area contributed by atoms with Crippen molar-refractivity contribution in [1.82, 2.24) is 0 Å². The lowest BCUT2D eigenvalue weighted by molar-refractivity contribution is -0.388. The van der Waals surface area contributed by atoms with Gasteiger partial charge in [0.1, 0.15) is 29.1 Å². The summed E-state index contributed by atoms with van der Waals surface area (Å²) >= 11 is 0. The Bertz CT molecular complexity index is 611. The van der Waals surface area contributed by atoms with E-state index < -0.39 is 34.1 Å². The fourth-order valence-electron chi connectivity index (χ4n) is 2.49. The SMILES string of the molecule is CC1(C)Oc2cc(C(F)(F)F)c([N+](=O)[O-])cc2C2OC21. The van der Waals surface area contributed by atoms with Gasteiger partial charge in [0.15, 0.2) is 0 Å². The van der Waals surface area contributed by atoms with Crippen molar-refractivity contribution >= 4 is 5.69 Å². The zero-order valence-electron chi connectivity index (χ0n) is 10.5. The molecule has 3 rings (SSSR count). The van der Waals surface area contributed by atoms with Crippen LogP contribution in [0.4, 0.5) is 18.9 Å². The van der Waals surface area contributed by atoms with Crippen molar-refractivity contribution in [3.63, 3.8) is 0 Å². The molecule has 0 spiro atoms. The molecule has 0 radical (unpaired) electrons. The first-order chi connectivity index (χ1) is 9.11. The molecule has 2 unspecified atom stereocenters. The molecule has 1 aromatic carbocycles. The molecule has 2 atom stereocenters. The second-order valence-corrected chi connectivity index (χ2v) is 5.34. The maximum Gasteiger partial charge on any atom is 0.423 e. The summed E-state index contributed by atoms with van der Waals surface area (Å²) in [6.45, 7) is 3.41. The number of halogens is 3. The first kappa shape index (κ1) is 13.2. The summed E-state index contributed by atoms with van der Waals surface area (Å²) in [5.74, 6) is -0.00771. The Balaban J connectivity index is 2.18. The van der Waals surface area contributed by atoms with Crippen LogP contribution in [-0.4, -0.2) is 16.6 Å². The summed E-state index contributed by atoms with van der Waals surface area (Å²) in [6.07, 6.45) is -5.53. The van der Waals surface area contributed by atoms with Gasteiger partial charge in [-0.25, -0.2) is 0 Å².